The summed E-state index contributed by atoms with van der Waals surface area (Å²) in [6.07, 6.45) is 1.30. The molecule has 32 heavy (non-hydrogen) atoms. The standard InChI is InChI=1S/C24H23Cl2NO5/c25-17-6-7-19(26)18(14-17)21(28)24(23(30)31)11-8-20(15-4-2-1-3-5-15)27(24)22(29)16-9-12-32-13-10-16/h1-7,14,16,20H,8-13H2,(H,30,31). The highest BCUT2D eigenvalue weighted by Gasteiger charge is 2.60. The molecule has 0 aromatic heterocycles. The summed E-state index contributed by atoms with van der Waals surface area (Å²) in [5, 5.41) is 10.8. The molecule has 2 aliphatic heterocycles. The lowest BCUT2D eigenvalue weighted by molar-refractivity contribution is -0.158. The molecule has 2 aromatic rings. The zero-order chi connectivity index (χ0) is 22.9. The first kappa shape index (κ1) is 22.8. The smallest absolute Gasteiger partial charge is 0.337 e. The molecule has 1 amide bonds. The number of ketones is 1. The zero-order valence-corrected chi connectivity index (χ0v) is 18.8. The number of carboxylic acid groups (broad SMARTS) is 1. The Morgan fingerprint density at radius 2 is 1.69 bits per heavy atom. The number of benzene rings is 2. The highest BCUT2D eigenvalue weighted by atomic mass is 35.5. The summed E-state index contributed by atoms with van der Waals surface area (Å²) in [6, 6.07) is 13.0. The molecule has 2 fully saturated rings. The molecule has 168 valence electrons. The van der Waals surface area contributed by atoms with Crippen LogP contribution in [0.1, 0.15) is 47.6 Å². The number of amides is 1. The first-order chi connectivity index (χ1) is 15.4. The summed E-state index contributed by atoms with van der Waals surface area (Å²) >= 11 is 12.4. The van der Waals surface area contributed by atoms with E-state index in [-0.39, 0.29) is 27.9 Å². The van der Waals surface area contributed by atoms with Gasteiger partial charge in [-0.15, -0.1) is 0 Å². The van der Waals surface area contributed by atoms with Crippen LogP contribution >= 0.6 is 23.2 Å². The third kappa shape index (κ3) is 3.91. The molecule has 0 saturated carbocycles. The largest absolute Gasteiger partial charge is 0.479 e. The predicted octanol–water partition coefficient (Wildman–Crippen LogP) is 4.79. The van der Waals surface area contributed by atoms with Crippen molar-refractivity contribution in [1.82, 2.24) is 4.90 Å². The van der Waals surface area contributed by atoms with E-state index in [0.29, 0.717) is 32.5 Å². The molecule has 2 atom stereocenters. The molecule has 2 heterocycles. The summed E-state index contributed by atoms with van der Waals surface area (Å²) in [5.41, 5.74) is -1.27. The molecule has 2 aromatic carbocycles. The van der Waals surface area contributed by atoms with Crippen LogP contribution in [0.3, 0.4) is 0 Å². The van der Waals surface area contributed by atoms with Crippen molar-refractivity contribution in [3.8, 4) is 0 Å². The van der Waals surface area contributed by atoms with Gasteiger partial charge in [-0.05, 0) is 49.4 Å². The topological polar surface area (TPSA) is 83.9 Å². The summed E-state index contributed by atoms with van der Waals surface area (Å²) in [5.74, 6) is -2.84. The van der Waals surface area contributed by atoms with E-state index in [1.807, 2.05) is 30.3 Å². The van der Waals surface area contributed by atoms with Crippen molar-refractivity contribution in [2.45, 2.75) is 37.3 Å². The molecule has 2 saturated heterocycles. The molecule has 6 nitrogen and oxygen atoms in total. The van der Waals surface area contributed by atoms with Crippen molar-refractivity contribution in [2.75, 3.05) is 13.2 Å². The fourth-order valence-corrected chi connectivity index (χ4v) is 5.13. The molecule has 1 N–H and O–H groups in total. The number of halogens is 2. The number of hydrogen-bond donors (Lipinski definition) is 1. The van der Waals surface area contributed by atoms with Crippen LogP contribution in [0.4, 0.5) is 0 Å². The van der Waals surface area contributed by atoms with Crippen molar-refractivity contribution in [3.05, 3.63) is 69.7 Å². The van der Waals surface area contributed by atoms with Gasteiger partial charge in [-0.2, -0.15) is 0 Å². The normalized spacial score (nSPS) is 23.8. The summed E-state index contributed by atoms with van der Waals surface area (Å²) in [4.78, 5) is 41.7. The van der Waals surface area contributed by atoms with E-state index in [2.05, 4.69) is 0 Å². The predicted molar refractivity (Wildman–Crippen MR) is 120 cm³/mol. The lowest BCUT2D eigenvalue weighted by atomic mass is 9.85. The second kappa shape index (κ2) is 9.22. The van der Waals surface area contributed by atoms with E-state index in [4.69, 9.17) is 27.9 Å². The minimum atomic E-state index is -2.07. The monoisotopic (exact) mass is 475 g/mol. The van der Waals surface area contributed by atoms with Gasteiger partial charge in [0.05, 0.1) is 11.1 Å². The number of carbonyl (C=O) groups is 3. The molecule has 2 unspecified atom stereocenters. The summed E-state index contributed by atoms with van der Waals surface area (Å²) in [6.45, 7) is 0.850. The third-order valence-electron chi connectivity index (χ3n) is 6.40. The van der Waals surface area contributed by atoms with Crippen LogP contribution in [-0.4, -0.2) is 46.4 Å². The number of carboxylic acids is 1. The first-order valence-electron chi connectivity index (χ1n) is 10.6. The SMILES string of the molecule is O=C(C1CCOCC1)N1C(c2ccccc2)CCC1(C(=O)O)C(=O)c1cc(Cl)ccc1Cl. The maximum Gasteiger partial charge on any atom is 0.337 e. The fourth-order valence-electron chi connectivity index (χ4n) is 4.76. The minimum absolute atomic E-state index is 0.0000517. The van der Waals surface area contributed by atoms with Crippen LogP contribution < -0.4 is 0 Å². The average molecular weight is 476 g/mol. The fraction of sp³-hybridized carbons (Fsp3) is 0.375. The van der Waals surface area contributed by atoms with Crippen LogP contribution in [-0.2, 0) is 14.3 Å². The lowest BCUT2D eigenvalue weighted by Gasteiger charge is -2.40. The minimum Gasteiger partial charge on any atom is -0.479 e. The van der Waals surface area contributed by atoms with Crippen LogP contribution in [0.25, 0.3) is 0 Å². The van der Waals surface area contributed by atoms with Crippen LogP contribution in [0.5, 0.6) is 0 Å². The van der Waals surface area contributed by atoms with E-state index in [1.165, 1.54) is 23.1 Å². The molecule has 0 bridgehead atoms. The van der Waals surface area contributed by atoms with Crippen LogP contribution in [0.2, 0.25) is 10.0 Å². The molecule has 4 rings (SSSR count). The Hall–Kier alpha value is -2.41. The Balaban J connectivity index is 1.85. The maximum absolute atomic E-state index is 13.8. The molecule has 2 aliphatic rings. The van der Waals surface area contributed by atoms with Crippen molar-refractivity contribution in [3.63, 3.8) is 0 Å². The number of likely N-dealkylation sites (tertiary alicyclic amines) is 1. The molecule has 0 spiro atoms. The Morgan fingerprint density at radius 1 is 1.00 bits per heavy atom. The van der Waals surface area contributed by atoms with Gasteiger partial charge in [0.1, 0.15) is 0 Å². The van der Waals surface area contributed by atoms with Crippen molar-refractivity contribution in [1.29, 1.82) is 0 Å². The number of carbonyl (C=O) groups excluding carboxylic acids is 2. The summed E-state index contributed by atoms with van der Waals surface area (Å²) < 4.78 is 5.38. The lowest BCUT2D eigenvalue weighted by Crippen LogP contribution is -2.60. The number of rotatable bonds is 5. The van der Waals surface area contributed by atoms with E-state index >= 15 is 0 Å². The Morgan fingerprint density at radius 3 is 2.34 bits per heavy atom. The first-order valence-corrected chi connectivity index (χ1v) is 11.3. The number of ether oxygens (including phenoxy) is 1. The maximum atomic E-state index is 13.8. The van der Waals surface area contributed by atoms with Crippen molar-refractivity contribution >= 4 is 40.9 Å². The second-order valence-electron chi connectivity index (χ2n) is 8.18. The number of nitrogens with zero attached hydrogens (tertiary/aromatic N) is 1. The Bertz CT molecular complexity index is 1040. The van der Waals surface area contributed by atoms with Gasteiger partial charge in [0, 0.05) is 29.7 Å². The number of Topliss-reactive ketones (excluding diaryl/α,β-unsaturated/α-hetero) is 1. The second-order valence-corrected chi connectivity index (χ2v) is 9.02. The molecular weight excluding hydrogens is 453 g/mol. The summed E-state index contributed by atoms with van der Waals surface area (Å²) in [7, 11) is 0. The van der Waals surface area contributed by atoms with Gasteiger partial charge in [-0.25, -0.2) is 4.79 Å². The van der Waals surface area contributed by atoms with Crippen molar-refractivity contribution < 1.29 is 24.2 Å². The highest BCUT2D eigenvalue weighted by molar-refractivity contribution is 6.37. The zero-order valence-electron chi connectivity index (χ0n) is 17.3. The van der Waals surface area contributed by atoms with Crippen LogP contribution in [0, 0.1) is 5.92 Å². The van der Waals surface area contributed by atoms with E-state index < -0.39 is 29.3 Å². The van der Waals surface area contributed by atoms with Gasteiger partial charge in [-0.3, -0.25) is 9.59 Å². The molecule has 0 radical (unpaired) electrons. The Kier molecular flexibility index (Phi) is 6.56. The average Bonchev–Trinajstić information content (AvgIpc) is 3.22. The molecule has 0 aliphatic carbocycles. The highest BCUT2D eigenvalue weighted by Crippen LogP contribution is 2.47. The van der Waals surface area contributed by atoms with Crippen molar-refractivity contribution in [2.24, 2.45) is 5.92 Å². The van der Waals surface area contributed by atoms with E-state index in [0.717, 1.165) is 5.56 Å². The van der Waals surface area contributed by atoms with Gasteiger partial charge >= 0.3 is 5.97 Å². The van der Waals surface area contributed by atoms with E-state index in [9.17, 15) is 19.5 Å². The van der Waals surface area contributed by atoms with Crippen LogP contribution in [0.15, 0.2) is 48.5 Å². The van der Waals surface area contributed by atoms with Gasteiger partial charge in [0.2, 0.25) is 17.2 Å². The van der Waals surface area contributed by atoms with E-state index in [1.54, 1.807) is 0 Å². The van der Waals surface area contributed by atoms with Gasteiger partial charge < -0.3 is 14.7 Å². The quantitative estimate of drug-likeness (QED) is 0.496. The Labute approximate surface area is 196 Å². The number of hydrogen-bond acceptors (Lipinski definition) is 4. The molecular formula is C24H23Cl2NO5. The number of aliphatic carboxylic acids is 1. The van der Waals surface area contributed by atoms with Gasteiger partial charge in [-0.1, -0.05) is 53.5 Å². The van der Waals surface area contributed by atoms with Gasteiger partial charge in [0.25, 0.3) is 0 Å². The molecule has 8 heteroatoms. The van der Waals surface area contributed by atoms with Gasteiger partial charge in [0.15, 0.2) is 0 Å². The third-order valence-corrected chi connectivity index (χ3v) is 6.96.